The minimum Gasteiger partial charge on any atom is -0.441 e. The minimum absolute atomic E-state index is 0.0601. The number of anilines is 1. The molecular formula is C13H15ClN2O. The molecule has 0 saturated carbocycles. The Morgan fingerprint density at radius 2 is 1.94 bits per heavy atom. The van der Waals surface area contributed by atoms with Crippen LogP contribution in [0.5, 0.6) is 0 Å². The van der Waals surface area contributed by atoms with Crippen LogP contribution in [0.15, 0.2) is 28.8 Å². The van der Waals surface area contributed by atoms with Crippen LogP contribution in [0.4, 0.5) is 5.69 Å². The van der Waals surface area contributed by atoms with E-state index < -0.39 is 0 Å². The van der Waals surface area contributed by atoms with E-state index >= 15 is 0 Å². The Morgan fingerprint density at radius 3 is 2.47 bits per heavy atom. The summed E-state index contributed by atoms with van der Waals surface area (Å²) in [4.78, 5) is 4.25. The monoisotopic (exact) mass is 250 g/mol. The number of halogens is 1. The normalized spacial score (nSPS) is 11.8. The van der Waals surface area contributed by atoms with Gasteiger partial charge in [0, 0.05) is 21.7 Å². The lowest BCUT2D eigenvalue weighted by Crippen LogP contribution is -2.09. The van der Waals surface area contributed by atoms with Gasteiger partial charge in [0.15, 0.2) is 0 Å². The molecule has 2 rings (SSSR count). The van der Waals surface area contributed by atoms with Crippen LogP contribution in [0.25, 0.3) is 11.5 Å². The largest absolute Gasteiger partial charge is 0.441 e. The van der Waals surface area contributed by atoms with Crippen LogP contribution in [-0.4, -0.2) is 4.98 Å². The predicted molar refractivity (Wildman–Crippen MR) is 70.1 cm³/mol. The number of oxazole rings is 1. The number of benzene rings is 1. The van der Waals surface area contributed by atoms with Gasteiger partial charge >= 0.3 is 0 Å². The van der Waals surface area contributed by atoms with Gasteiger partial charge in [-0.2, -0.15) is 0 Å². The molecule has 0 bridgehead atoms. The third-order valence-electron chi connectivity index (χ3n) is 2.41. The smallest absolute Gasteiger partial charge is 0.226 e. The fourth-order valence-electron chi connectivity index (χ4n) is 1.49. The number of hydrogen-bond donors (Lipinski definition) is 1. The maximum atomic E-state index is 5.95. The van der Waals surface area contributed by atoms with E-state index in [2.05, 4.69) is 25.8 Å². The fraction of sp³-hybridized carbons (Fsp3) is 0.308. The van der Waals surface area contributed by atoms with Crippen molar-refractivity contribution in [2.75, 3.05) is 5.73 Å². The van der Waals surface area contributed by atoms with Crippen LogP contribution in [0.1, 0.15) is 26.5 Å². The third kappa shape index (κ3) is 2.61. The van der Waals surface area contributed by atoms with E-state index in [1.807, 2.05) is 0 Å². The third-order valence-corrected chi connectivity index (χ3v) is 2.63. The molecule has 0 unspecified atom stereocenters. The highest BCUT2D eigenvalue weighted by Crippen LogP contribution is 2.29. The molecular weight excluding hydrogens is 236 g/mol. The number of nitrogens with zero attached hydrogens (tertiary/aromatic N) is 1. The fourth-order valence-corrected chi connectivity index (χ4v) is 1.73. The molecule has 1 aromatic heterocycles. The van der Waals surface area contributed by atoms with Crippen molar-refractivity contribution in [1.82, 2.24) is 4.98 Å². The van der Waals surface area contributed by atoms with E-state index in [1.54, 1.807) is 24.4 Å². The summed E-state index contributed by atoms with van der Waals surface area (Å²) < 4.78 is 5.72. The SMILES string of the molecule is CC(C)(C)c1cnc(-c2cc(N)cc(Cl)c2)o1. The molecule has 3 nitrogen and oxygen atoms in total. The summed E-state index contributed by atoms with van der Waals surface area (Å²) in [7, 11) is 0. The van der Waals surface area contributed by atoms with Gasteiger partial charge in [-0.05, 0) is 18.2 Å². The van der Waals surface area contributed by atoms with Gasteiger partial charge < -0.3 is 10.2 Å². The Bertz CT molecular complexity index is 520. The van der Waals surface area contributed by atoms with Crippen molar-refractivity contribution in [2.24, 2.45) is 0 Å². The first kappa shape index (κ1) is 12.0. The van der Waals surface area contributed by atoms with Gasteiger partial charge in [-0.25, -0.2) is 4.98 Å². The van der Waals surface area contributed by atoms with Gasteiger partial charge in [0.2, 0.25) is 5.89 Å². The molecule has 1 aromatic carbocycles. The molecule has 0 aliphatic carbocycles. The van der Waals surface area contributed by atoms with E-state index in [4.69, 9.17) is 21.8 Å². The van der Waals surface area contributed by atoms with Gasteiger partial charge in [-0.15, -0.1) is 0 Å². The van der Waals surface area contributed by atoms with Crippen molar-refractivity contribution in [1.29, 1.82) is 0 Å². The summed E-state index contributed by atoms with van der Waals surface area (Å²) in [5.41, 5.74) is 7.07. The number of nitrogens with two attached hydrogens (primary N) is 1. The zero-order chi connectivity index (χ0) is 12.6. The number of aromatic nitrogens is 1. The molecule has 2 aromatic rings. The molecule has 0 spiro atoms. The van der Waals surface area contributed by atoms with Gasteiger partial charge in [-0.1, -0.05) is 32.4 Å². The van der Waals surface area contributed by atoms with Gasteiger partial charge in [0.25, 0.3) is 0 Å². The number of rotatable bonds is 1. The second-order valence-corrected chi connectivity index (χ2v) is 5.49. The van der Waals surface area contributed by atoms with E-state index in [1.165, 1.54) is 0 Å². The Balaban J connectivity index is 2.44. The van der Waals surface area contributed by atoms with Crippen LogP contribution < -0.4 is 5.73 Å². The van der Waals surface area contributed by atoms with Crippen LogP contribution >= 0.6 is 11.6 Å². The van der Waals surface area contributed by atoms with Crippen LogP contribution in [0.2, 0.25) is 5.02 Å². The minimum atomic E-state index is -0.0601. The Hall–Kier alpha value is -1.48. The highest BCUT2D eigenvalue weighted by molar-refractivity contribution is 6.31. The molecule has 0 radical (unpaired) electrons. The average molecular weight is 251 g/mol. The molecule has 0 fully saturated rings. The van der Waals surface area contributed by atoms with E-state index in [-0.39, 0.29) is 5.41 Å². The quantitative estimate of drug-likeness (QED) is 0.782. The molecule has 4 heteroatoms. The standard InChI is InChI=1S/C13H15ClN2O/c1-13(2,3)11-7-16-12(17-11)8-4-9(14)6-10(15)5-8/h4-7H,15H2,1-3H3. The summed E-state index contributed by atoms with van der Waals surface area (Å²) in [6.45, 7) is 6.22. The number of hydrogen-bond acceptors (Lipinski definition) is 3. The first-order valence-electron chi connectivity index (χ1n) is 5.39. The Kier molecular flexibility index (Phi) is 2.87. The van der Waals surface area contributed by atoms with Crippen LogP contribution in [0, 0.1) is 0 Å². The highest BCUT2D eigenvalue weighted by atomic mass is 35.5. The first-order valence-corrected chi connectivity index (χ1v) is 5.77. The lowest BCUT2D eigenvalue weighted by molar-refractivity contribution is 0.416. The molecule has 0 aliphatic rings. The molecule has 17 heavy (non-hydrogen) atoms. The molecule has 1 heterocycles. The van der Waals surface area contributed by atoms with Crippen molar-refractivity contribution in [2.45, 2.75) is 26.2 Å². The summed E-state index contributed by atoms with van der Waals surface area (Å²) >= 11 is 5.95. The molecule has 0 amide bonds. The molecule has 0 saturated heterocycles. The molecule has 0 aliphatic heterocycles. The first-order chi connectivity index (χ1) is 7.86. The van der Waals surface area contributed by atoms with Crippen molar-refractivity contribution in [3.63, 3.8) is 0 Å². The maximum Gasteiger partial charge on any atom is 0.226 e. The van der Waals surface area contributed by atoms with Crippen molar-refractivity contribution in [3.8, 4) is 11.5 Å². The lowest BCUT2D eigenvalue weighted by Gasteiger charge is -2.13. The zero-order valence-electron chi connectivity index (χ0n) is 10.1. The van der Waals surface area contributed by atoms with Crippen LogP contribution in [-0.2, 0) is 5.41 Å². The predicted octanol–water partition coefficient (Wildman–Crippen LogP) is 3.87. The average Bonchev–Trinajstić information content (AvgIpc) is 2.63. The van der Waals surface area contributed by atoms with Crippen molar-refractivity contribution < 1.29 is 4.42 Å². The van der Waals surface area contributed by atoms with Gasteiger partial charge in [0.05, 0.1) is 6.20 Å². The second-order valence-electron chi connectivity index (χ2n) is 5.05. The number of nitrogen functional groups attached to an aromatic ring is 1. The van der Waals surface area contributed by atoms with Crippen molar-refractivity contribution in [3.05, 3.63) is 35.2 Å². The summed E-state index contributed by atoms with van der Waals surface area (Å²) in [5.74, 6) is 1.38. The van der Waals surface area contributed by atoms with E-state index in [9.17, 15) is 0 Å². The van der Waals surface area contributed by atoms with E-state index in [0.717, 1.165) is 11.3 Å². The zero-order valence-corrected chi connectivity index (χ0v) is 10.9. The molecule has 2 N–H and O–H groups in total. The Morgan fingerprint density at radius 1 is 1.24 bits per heavy atom. The topological polar surface area (TPSA) is 52.0 Å². The molecule has 0 atom stereocenters. The second kappa shape index (κ2) is 4.08. The van der Waals surface area contributed by atoms with Gasteiger partial charge in [-0.3, -0.25) is 0 Å². The summed E-state index contributed by atoms with van der Waals surface area (Å²) in [5, 5.41) is 0.579. The van der Waals surface area contributed by atoms with E-state index in [0.29, 0.717) is 16.6 Å². The maximum absolute atomic E-state index is 5.95. The molecule has 90 valence electrons. The summed E-state index contributed by atoms with van der Waals surface area (Å²) in [6.07, 6.45) is 1.74. The summed E-state index contributed by atoms with van der Waals surface area (Å²) in [6, 6.07) is 5.28. The van der Waals surface area contributed by atoms with Crippen LogP contribution in [0.3, 0.4) is 0 Å². The van der Waals surface area contributed by atoms with Gasteiger partial charge in [0.1, 0.15) is 5.76 Å². The highest BCUT2D eigenvalue weighted by Gasteiger charge is 2.19. The van der Waals surface area contributed by atoms with Crippen molar-refractivity contribution >= 4 is 17.3 Å². The Labute approximate surface area is 106 Å². The lowest BCUT2D eigenvalue weighted by atomic mass is 9.94.